The van der Waals surface area contributed by atoms with Crippen molar-refractivity contribution < 1.29 is 9.40 Å². The molecule has 0 N–H and O–H groups in total. The molecule has 3 nitrogen and oxygen atoms in total. The second kappa shape index (κ2) is 3.96. The minimum atomic E-state index is 0.593. The van der Waals surface area contributed by atoms with Crippen molar-refractivity contribution in [3.8, 4) is 0 Å². The van der Waals surface area contributed by atoms with Crippen LogP contribution in [-0.4, -0.2) is 4.73 Å². The molecule has 0 unspecified atom stereocenters. The van der Waals surface area contributed by atoms with Crippen molar-refractivity contribution in [1.29, 1.82) is 0 Å². The lowest BCUT2D eigenvalue weighted by molar-refractivity contribution is -0.672. The summed E-state index contributed by atoms with van der Waals surface area (Å²) < 4.78 is 3.64. The van der Waals surface area contributed by atoms with E-state index in [1.807, 2.05) is 60.7 Å². The molecule has 0 atom stereocenters. The second-order valence-electron chi connectivity index (χ2n) is 3.20. The predicted octanol–water partition coefficient (Wildman–Crippen LogP) is 0.941. The number of aromatic nitrogens is 2. The Morgan fingerprint density at radius 1 is 1.29 bits per heavy atom. The zero-order valence-electron chi connectivity index (χ0n) is 8.13. The highest BCUT2D eigenvalue weighted by Gasteiger charge is 2.00. The summed E-state index contributed by atoms with van der Waals surface area (Å²) in [4.78, 5) is 5.51. The highest BCUT2D eigenvalue weighted by molar-refractivity contribution is 5.13. The molecule has 1 aromatic heterocycles. The Labute approximate surface area is 83.1 Å². The van der Waals surface area contributed by atoms with Crippen LogP contribution in [-0.2, 0) is 13.7 Å². The fourth-order valence-corrected chi connectivity index (χ4v) is 1.23. The molecule has 0 aliphatic rings. The second-order valence-corrected chi connectivity index (χ2v) is 3.20. The minimum Gasteiger partial charge on any atom is -0.331 e. The van der Waals surface area contributed by atoms with Gasteiger partial charge in [-0.2, -0.15) is 0 Å². The number of hydrogen-bond acceptors (Lipinski definition) is 1. The SMILES string of the molecule is C[n+]1ccn(OCc2ccccc2)c1. The molecule has 0 radical (unpaired) electrons. The molecule has 0 aliphatic carbocycles. The van der Waals surface area contributed by atoms with Gasteiger partial charge in [0.15, 0.2) is 12.8 Å². The maximum Gasteiger partial charge on any atom is 0.284 e. The Hall–Kier alpha value is -1.77. The van der Waals surface area contributed by atoms with Gasteiger partial charge in [-0.3, -0.25) is 0 Å². The average molecular weight is 189 g/mol. The van der Waals surface area contributed by atoms with E-state index in [2.05, 4.69) is 0 Å². The number of nitrogens with zero attached hydrogens (tertiary/aromatic N) is 2. The highest BCUT2D eigenvalue weighted by Crippen LogP contribution is 1.98. The van der Waals surface area contributed by atoms with Gasteiger partial charge in [0.1, 0.15) is 6.20 Å². The zero-order valence-corrected chi connectivity index (χ0v) is 8.13. The molecule has 0 amide bonds. The summed E-state index contributed by atoms with van der Waals surface area (Å²) in [6, 6.07) is 10.1. The van der Waals surface area contributed by atoms with E-state index in [0.717, 1.165) is 0 Å². The molecule has 1 heterocycles. The summed E-state index contributed by atoms with van der Waals surface area (Å²) in [5.74, 6) is 0. The first kappa shape index (κ1) is 8.81. The van der Waals surface area contributed by atoms with E-state index >= 15 is 0 Å². The van der Waals surface area contributed by atoms with E-state index in [-0.39, 0.29) is 0 Å². The normalized spacial score (nSPS) is 10.1. The van der Waals surface area contributed by atoms with Crippen LogP contribution >= 0.6 is 0 Å². The lowest BCUT2D eigenvalue weighted by Gasteiger charge is -1.99. The van der Waals surface area contributed by atoms with E-state index in [0.29, 0.717) is 6.61 Å². The van der Waals surface area contributed by atoms with Gasteiger partial charge in [0, 0.05) is 0 Å². The number of rotatable bonds is 3. The van der Waals surface area contributed by atoms with Crippen LogP contribution < -0.4 is 9.40 Å². The molecule has 14 heavy (non-hydrogen) atoms. The molecule has 2 rings (SSSR count). The van der Waals surface area contributed by atoms with Crippen LogP contribution in [0, 0.1) is 0 Å². The van der Waals surface area contributed by atoms with Crippen LogP contribution in [0.4, 0.5) is 0 Å². The summed E-state index contributed by atoms with van der Waals surface area (Å²) in [7, 11) is 1.96. The van der Waals surface area contributed by atoms with Crippen molar-refractivity contribution in [2.45, 2.75) is 6.61 Å². The van der Waals surface area contributed by atoms with Gasteiger partial charge in [-0.05, 0) is 5.56 Å². The van der Waals surface area contributed by atoms with Gasteiger partial charge in [0.25, 0.3) is 6.33 Å². The van der Waals surface area contributed by atoms with Crippen LogP contribution in [0.2, 0.25) is 0 Å². The van der Waals surface area contributed by atoms with E-state index in [1.54, 1.807) is 4.73 Å². The lowest BCUT2D eigenvalue weighted by Crippen LogP contribution is -2.24. The Morgan fingerprint density at radius 2 is 2.07 bits per heavy atom. The zero-order chi connectivity index (χ0) is 9.80. The van der Waals surface area contributed by atoms with Crippen molar-refractivity contribution in [1.82, 2.24) is 4.73 Å². The summed E-state index contributed by atoms with van der Waals surface area (Å²) in [6.45, 7) is 0.593. The summed E-state index contributed by atoms with van der Waals surface area (Å²) in [5, 5.41) is 0. The first-order valence-corrected chi connectivity index (χ1v) is 4.55. The maximum atomic E-state index is 5.51. The number of imidazole rings is 1. The van der Waals surface area contributed by atoms with Crippen LogP contribution in [0.15, 0.2) is 49.1 Å². The van der Waals surface area contributed by atoms with Crippen LogP contribution in [0.3, 0.4) is 0 Å². The van der Waals surface area contributed by atoms with Crippen LogP contribution in [0.5, 0.6) is 0 Å². The van der Waals surface area contributed by atoms with Crippen molar-refractivity contribution in [2.75, 3.05) is 0 Å². The Balaban J connectivity index is 1.95. The first-order valence-electron chi connectivity index (χ1n) is 4.55. The average Bonchev–Trinajstić information content (AvgIpc) is 2.63. The smallest absolute Gasteiger partial charge is 0.284 e. The Bertz CT molecular complexity index is 395. The summed E-state index contributed by atoms with van der Waals surface area (Å²) in [5.41, 5.74) is 1.17. The third-order valence-corrected chi connectivity index (χ3v) is 1.97. The van der Waals surface area contributed by atoms with Crippen molar-refractivity contribution >= 4 is 0 Å². The van der Waals surface area contributed by atoms with Gasteiger partial charge < -0.3 is 4.84 Å². The van der Waals surface area contributed by atoms with Crippen molar-refractivity contribution in [2.24, 2.45) is 7.05 Å². The highest BCUT2D eigenvalue weighted by atomic mass is 16.7. The van der Waals surface area contributed by atoms with Gasteiger partial charge >= 0.3 is 0 Å². The Kier molecular flexibility index (Phi) is 2.49. The molecule has 3 heteroatoms. The van der Waals surface area contributed by atoms with Crippen LogP contribution in [0.1, 0.15) is 5.56 Å². The van der Waals surface area contributed by atoms with E-state index in [9.17, 15) is 0 Å². The summed E-state index contributed by atoms with van der Waals surface area (Å²) in [6.07, 6.45) is 5.69. The standard InChI is InChI=1S/C11H13N2O/c1-12-7-8-13(10-12)14-9-11-5-3-2-4-6-11/h2-8,10H,9H2,1H3/q+1. The van der Waals surface area contributed by atoms with Crippen LogP contribution in [0.25, 0.3) is 0 Å². The van der Waals surface area contributed by atoms with E-state index < -0.39 is 0 Å². The van der Waals surface area contributed by atoms with E-state index in [1.165, 1.54) is 5.56 Å². The molecule has 0 saturated heterocycles. The molecular formula is C11H13N2O+. The minimum absolute atomic E-state index is 0.593. The maximum absolute atomic E-state index is 5.51. The largest absolute Gasteiger partial charge is 0.331 e. The predicted molar refractivity (Wildman–Crippen MR) is 52.3 cm³/mol. The third kappa shape index (κ3) is 2.13. The molecule has 0 bridgehead atoms. The molecule has 0 spiro atoms. The molecule has 0 saturated carbocycles. The van der Waals surface area contributed by atoms with Crippen molar-refractivity contribution in [3.63, 3.8) is 0 Å². The molecule has 2 aromatic rings. The third-order valence-electron chi connectivity index (χ3n) is 1.97. The van der Waals surface area contributed by atoms with E-state index in [4.69, 9.17) is 4.84 Å². The van der Waals surface area contributed by atoms with Gasteiger partial charge in [-0.15, -0.1) is 0 Å². The fraction of sp³-hybridized carbons (Fsp3) is 0.182. The monoisotopic (exact) mass is 189 g/mol. The number of benzene rings is 1. The molecule has 0 aliphatic heterocycles. The van der Waals surface area contributed by atoms with Gasteiger partial charge in [-0.1, -0.05) is 35.1 Å². The number of hydrogen-bond donors (Lipinski definition) is 0. The van der Waals surface area contributed by atoms with Gasteiger partial charge in [0.05, 0.1) is 7.05 Å². The topological polar surface area (TPSA) is 18.0 Å². The molecule has 72 valence electrons. The lowest BCUT2D eigenvalue weighted by atomic mass is 10.2. The summed E-state index contributed by atoms with van der Waals surface area (Å²) >= 11 is 0. The molecular weight excluding hydrogens is 176 g/mol. The van der Waals surface area contributed by atoms with Gasteiger partial charge in [-0.25, -0.2) is 4.57 Å². The molecule has 0 fully saturated rings. The van der Waals surface area contributed by atoms with Crippen molar-refractivity contribution in [3.05, 3.63) is 54.6 Å². The molecule has 1 aromatic carbocycles. The first-order chi connectivity index (χ1) is 6.84. The quantitative estimate of drug-likeness (QED) is 0.657. The fourth-order valence-electron chi connectivity index (χ4n) is 1.23. The van der Waals surface area contributed by atoms with Gasteiger partial charge in [0.2, 0.25) is 0 Å². The Morgan fingerprint density at radius 3 is 2.71 bits per heavy atom. The number of aryl methyl sites for hydroxylation is 1.